The van der Waals surface area contributed by atoms with E-state index in [2.05, 4.69) is 6.92 Å². The van der Waals surface area contributed by atoms with Crippen LogP contribution in [0.4, 0.5) is 5.69 Å². The highest BCUT2D eigenvalue weighted by Crippen LogP contribution is 2.36. The molecule has 0 aliphatic heterocycles. The first-order chi connectivity index (χ1) is 11.5. The number of rotatable bonds is 11. The van der Waals surface area contributed by atoms with Crippen LogP contribution in [0.1, 0.15) is 55.8 Å². The molecule has 0 N–H and O–H groups in total. The van der Waals surface area contributed by atoms with Gasteiger partial charge in [0.05, 0.1) is 25.2 Å². The number of nitro benzene ring substituents is 1. The van der Waals surface area contributed by atoms with Crippen molar-refractivity contribution in [1.82, 2.24) is 0 Å². The maximum Gasteiger partial charge on any atom is 0.285 e. The molecule has 0 unspecified atom stereocenters. The molecule has 1 aromatic carbocycles. The van der Waals surface area contributed by atoms with Crippen molar-refractivity contribution in [2.75, 3.05) is 20.0 Å². The lowest BCUT2D eigenvalue weighted by molar-refractivity contribution is -0.385. The van der Waals surface area contributed by atoms with Crippen molar-refractivity contribution in [3.05, 3.63) is 27.8 Å². The summed E-state index contributed by atoms with van der Waals surface area (Å²) >= 11 is 1.12. The highest BCUT2D eigenvalue weighted by molar-refractivity contribution is 8.14. The standard InChI is InChI=1S/C17H25NO5S/c1-4-5-6-7-8-9-10-24-17(19)13-11-15(22-2)16(23-3)12-14(13)18(20)21/h11-12H,4-10H2,1-3H3. The van der Waals surface area contributed by atoms with Gasteiger partial charge in [-0.05, 0) is 6.42 Å². The molecule has 7 heteroatoms. The number of carbonyl (C=O) groups excluding carboxylic acids is 1. The van der Waals surface area contributed by atoms with E-state index in [4.69, 9.17) is 9.47 Å². The summed E-state index contributed by atoms with van der Waals surface area (Å²) in [5, 5.41) is 10.9. The Bertz CT molecular complexity index is 562. The van der Waals surface area contributed by atoms with Gasteiger partial charge in [-0.1, -0.05) is 50.8 Å². The third-order valence-electron chi connectivity index (χ3n) is 3.65. The van der Waals surface area contributed by atoms with E-state index >= 15 is 0 Å². The number of hydrogen-bond acceptors (Lipinski definition) is 6. The molecule has 6 nitrogen and oxygen atoms in total. The third kappa shape index (κ3) is 6.03. The fourth-order valence-corrected chi connectivity index (χ4v) is 3.16. The number of benzene rings is 1. The van der Waals surface area contributed by atoms with Crippen LogP contribution >= 0.6 is 11.8 Å². The summed E-state index contributed by atoms with van der Waals surface area (Å²) in [6, 6.07) is 2.62. The fraction of sp³-hybridized carbons (Fsp3) is 0.588. The van der Waals surface area contributed by atoms with Crippen LogP contribution in [-0.2, 0) is 0 Å². The highest BCUT2D eigenvalue weighted by atomic mass is 32.2. The number of hydrogen-bond donors (Lipinski definition) is 0. The van der Waals surface area contributed by atoms with Crippen molar-refractivity contribution in [3.8, 4) is 11.5 Å². The number of thioether (sulfide) groups is 1. The second kappa shape index (κ2) is 10.9. The monoisotopic (exact) mass is 355 g/mol. The average Bonchev–Trinajstić information content (AvgIpc) is 2.59. The second-order valence-corrected chi connectivity index (χ2v) is 6.45. The van der Waals surface area contributed by atoms with E-state index in [1.807, 2.05) is 0 Å². The van der Waals surface area contributed by atoms with Gasteiger partial charge in [-0.25, -0.2) is 0 Å². The summed E-state index contributed by atoms with van der Waals surface area (Å²) in [6.45, 7) is 2.17. The molecule has 0 aliphatic carbocycles. The zero-order valence-corrected chi connectivity index (χ0v) is 15.3. The van der Waals surface area contributed by atoms with Gasteiger partial charge in [0, 0.05) is 11.8 Å². The molecule has 1 rings (SSSR count). The molecule has 0 fully saturated rings. The quantitative estimate of drug-likeness (QED) is 0.321. The minimum Gasteiger partial charge on any atom is -0.493 e. The van der Waals surface area contributed by atoms with E-state index in [0.717, 1.165) is 24.6 Å². The molecule has 0 saturated carbocycles. The lowest BCUT2D eigenvalue weighted by atomic mass is 10.1. The number of methoxy groups -OCH3 is 2. The molecule has 0 atom stereocenters. The van der Waals surface area contributed by atoms with Gasteiger partial charge >= 0.3 is 0 Å². The van der Waals surface area contributed by atoms with Gasteiger partial charge in [0.1, 0.15) is 5.56 Å². The van der Waals surface area contributed by atoms with Crippen molar-refractivity contribution in [1.29, 1.82) is 0 Å². The van der Waals surface area contributed by atoms with Crippen molar-refractivity contribution in [2.24, 2.45) is 0 Å². The largest absolute Gasteiger partial charge is 0.493 e. The highest BCUT2D eigenvalue weighted by Gasteiger charge is 2.24. The molecule has 1 aromatic rings. The lowest BCUT2D eigenvalue weighted by Crippen LogP contribution is -2.03. The Hall–Kier alpha value is -1.76. The molecule has 0 amide bonds. The normalized spacial score (nSPS) is 10.5. The predicted molar refractivity (Wildman–Crippen MR) is 96.4 cm³/mol. The molecule has 0 saturated heterocycles. The Balaban J connectivity index is 2.70. The van der Waals surface area contributed by atoms with Crippen LogP contribution in [-0.4, -0.2) is 30.0 Å². The van der Waals surface area contributed by atoms with E-state index in [9.17, 15) is 14.9 Å². The van der Waals surface area contributed by atoms with Crippen molar-refractivity contribution in [2.45, 2.75) is 45.4 Å². The molecule has 0 bridgehead atoms. The average molecular weight is 355 g/mol. The molecule has 134 valence electrons. The first-order valence-corrected chi connectivity index (χ1v) is 9.11. The first-order valence-electron chi connectivity index (χ1n) is 8.12. The molecule has 0 spiro atoms. The predicted octanol–water partition coefficient (Wildman–Crippen LogP) is 4.85. The Kier molecular flexibility index (Phi) is 9.22. The summed E-state index contributed by atoms with van der Waals surface area (Å²) in [4.78, 5) is 23.0. The number of ether oxygens (including phenoxy) is 2. The zero-order valence-electron chi connectivity index (χ0n) is 14.5. The molecule has 0 aromatic heterocycles. The summed E-state index contributed by atoms with van der Waals surface area (Å²) < 4.78 is 10.2. The third-order valence-corrected chi connectivity index (χ3v) is 4.62. The van der Waals surface area contributed by atoms with Crippen LogP contribution in [0.2, 0.25) is 0 Å². The Morgan fingerprint density at radius 3 is 2.25 bits per heavy atom. The van der Waals surface area contributed by atoms with Gasteiger partial charge in [-0.3, -0.25) is 14.9 Å². The SMILES string of the molecule is CCCCCCCCSC(=O)c1cc(OC)c(OC)cc1[N+](=O)[O-]. The van der Waals surface area contributed by atoms with Gasteiger partial charge in [0.25, 0.3) is 5.69 Å². The van der Waals surface area contributed by atoms with Gasteiger partial charge in [-0.2, -0.15) is 0 Å². The molecular weight excluding hydrogens is 330 g/mol. The van der Waals surface area contributed by atoms with E-state index in [1.165, 1.54) is 52.0 Å². The van der Waals surface area contributed by atoms with E-state index in [1.54, 1.807) is 0 Å². The van der Waals surface area contributed by atoms with Gasteiger partial charge in [-0.15, -0.1) is 0 Å². The minimum atomic E-state index is -0.569. The van der Waals surface area contributed by atoms with E-state index < -0.39 is 4.92 Å². The van der Waals surface area contributed by atoms with E-state index in [0.29, 0.717) is 11.5 Å². The number of unbranched alkanes of at least 4 members (excludes halogenated alkanes) is 5. The summed E-state index contributed by atoms with van der Waals surface area (Å²) in [7, 11) is 2.83. The molecular formula is C17H25NO5S. The van der Waals surface area contributed by atoms with Crippen LogP contribution in [0.15, 0.2) is 12.1 Å². The maximum absolute atomic E-state index is 12.3. The summed E-state index contributed by atoms with van der Waals surface area (Å²) in [6.07, 6.45) is 6.84. The topological polar surface area (TPSA) is 78.7 Å². The van der Waals surface area contributed by atoms with Crippen LogP contribution in [0.25, 0.3) is 0 Å². The number of carbonyl (C=O) groups is 1. The molecule has 24 heavy (non-hydrogen) atoms. The van der Waals surface area contributed by atoms with Crippen LogP contribution in [0, 0.1) is 10.1 Å². The maximum atomic E-state index is 12.3. The van der Waals surface area contributed by atoms with E-state index in [-0.39, 0.29) is 22.1 Å². The zero-order chi connectivity index (χ0) is 17.9. The van der Waals surface area contributed by atoms with Crippen molar-refractivity contribution < 1.29 is 19.2 Å². The smallest absolute Gasteiger partial charge is 0.285 e. The lowest BCUT2D eigenvalue weighted by Gasteiger charge is -2.10. The van der Waals surface area contributed by atoms with Gasteiger partial charge in [0.15, 0.2) is 11.5 Å². The van der Waals surface area contributed by atoms with Crippen molar-refractivity contribution in [3.63, 3.8) is 0 Å². The fourth-order valence-electron chi connectivity index (χ4n) is 2.31. The van der Waals surface area contributed by atoms with Crippen LogP contribution in [0.5, 0.6) is 11.5 Å². The van der Waals surface area contributed by atoms with Crippen LogP contribution in [0.3, 0.4) is 0 Å². The molecule has 0 heterocycles. The van der Waals surface area contributed by atoms with Gasteiger partial charge in [0.2, 0.25) is 5.12 Å². The second-order valence-electron chi connectivity index (χ2n) is 5.39. The van der Waals surface area contributed by atoms with Crippen LogP contribution < -0.4 is 9.47 Å². The van der Waals surface area contributed by atoms with Crippen molar-refractivity contribution >= 4 is 22.6 Å². The molecule has 0 aliphatic rings. The number of nitro groups is 1. The first kappa shape index (κ1) is 20.3. The Labute approximate surface area is 147 Å². The summed E-state index contributed by atoms with van der Waals surface area (Å²) in [5.74, 6) is 1.21. The van der Waals surface area contributed by atoms with Gasteiger partial charge < -0.3 is 9.47 Å². The number of nitrogens with zero attached hydrogens (tertiary/aromatic N) is 1. The minimum absolute atomic E-state index is 0.0497. The Morgan fingerprint density at radius 1 is 1.08 bits per heavy atom. The summed E-state index contributed by atoms with van der Waals surface area (Å²) in [5.41, 5.74) is -0.207. The Morgan fingerprint density at radius 2 is 1.67 bits per heavy atom. The molecule has 0 radical (unpaired) electrons.